The van der Waals surface area contributed by atoms with Gasteiger partial charge >= 0.3 is 0 Å². The van der Waals surface area contributed by atoms with E-state index in [-0.39, 0.29) is 17.9 Å². The Morgan fingerprint density at radius 2 is 2.38 bits per heavy atom. The Morgan fingerprint density at radius 1 is 1.62 bits per heavy atom. The first-order chi connectivity index (χ1) is 7.63. The zero-order chi connectivity index (χ0) is 11.6. The topological polar surface area (TPSA) is 68.5 Å². The van der Waals surface area contributed by atoms with E-state index in [1.807, 2.05) is 0 Å². The molecular weight excluding hydrogens is 230 g/mol. The third-order valence-corrected chi connectivity index (χ3v) is 4.50. The molecule has 0 unspecified atom stereocenters. The first-order valence-corrected chi connectivity index (χ1v) is 6.73. The molecule has 1 aromatic rings. The van der Waals surface area contributed by atoms with Gasteiger partial charge in [-0.15, -0.1) is 0 Å². The number of sulfonamides is 1. The van der Waals surface area contributed by atoms with Crippen molar-refractivity contribution in [1.82, 2.24) is 4.72 Å². The van der Waals surface area contributed by atoms with Crippen LogP contribution in [0.2, 0.25) is 0 Å². The summed E-state index contributed by atoms with van der Waals surface area (Å²) in [6.45, 7) is 0.211. The molecule has 16 heavy (non-hydrogen) atoms. The summed E-state index contributed by atoms with van der Waals surface area (Å²) in [4.78, 5) is 0. The molecule has 1 heterocycles. The van der Waals surface area contributed by atoms with Gasteiger partial charge in [0.1, 0.15) is 11.9 Å². The van der Waals surface area contributed by atoms with Crippen LogP contribution in [0, 0.1) is 0 Å². The summed E-state index contributed by atoms with van der Waals surface area (Å²) in [5.41, 5.74) is 0. The van der Waals surface area contributed by atoms with Crippen molar-refractivity contribution in [3.63, 3.8) is 0 Å². The zero-order valence-electron chi connectivity index (χ0n) is 9.05. The molecule has 0 bridgehead atoms. The average Bonchev–Trinajstić information content (AvgIpc) is 2.99. The molecule has 1 atom stereocenters. The molecule has 1 saturated carbocycles. The van der Waals surface area contributed by atoms with E-state index in [2.05, 4.69) is 4.72 Å². The summed E-state index contributed by atoms with van der Waals surface area (Å²) < 4.78 is 36.1. The van der Waals surface area contributed by atoms with E-state index in [1.54, 1.807) is 12.1 Å². The van der Waals surface area contributed by atoms with Gasteiger partial charge in [0.2, 0.25) is 10.0 Å². The van der Waals surface area contributed by atoms with E-state index in [0.717, 1.165) is 12.8 Å². The van der Waals surface area contributed by atoms with Crippen molar-refractivity contribution in [2.45, 2.75) is 24.2 Å². The predicted octanol–water partition coefficient (Wildman–Crippen LogP) is 1.05. The fraction of sp³-hybridized carbons (Fsp3) is 0.600. The Balaban J connectivity index is 1.93. The molecule has 0 amide bonds. The van der Waals surface area contributed by atoms with Gasteiger partial charge in [0, 0.05) is 13.7 Å². The maximum absolute atomic E-state index is 11.6. The minimum Gasteiger partial charge on any atom is -0.467 e. The molecule has 6 heteroatoms. The lowest BCUT2D eigenvalue weighted by atomic mass is 10.3. The molecule has 0 aliphatic heterocycles. The SMILES string of the molecule is CO[C@@H](CNS(=O)(=O)C1CC1)c1ccco1. The molecule has 1 N–H and O–H groups in total. The fourth-order valence-corrected chi connectivity index (χ4v) is 2.84. The first-order valence-electron chi connectivity index (χ1n) is 5.18. The second-order valence-electron chi connectivity index (χ2n) is 3.83. The van der Waals surface area contributed by atoms with Gasteiger partial charge in [-0.3, -0.25) is 0 Å². The summed E-state index contributed by atoms with van der Waals surface area (Å²) in [5, 5.41) is -0.207. The highest BCUT2D eigenvalue weighted by Gasteiger charge is 2.35. The molecule has 0 aromatic carbocycles. The predicted molar refractivity (Wildman–Crippen MR) is 58.4 cm³/mol. The summed E-state index contributed by atoms with van der Waals surface area (Å²) in [6, 6.07) is 3.51. The number of rotatable bonds is 6. The summed E-state index contributed by atoms with van der Waals surface area (Å²) >= 11 is 0. The van der Waals surface area contributed by atoms with Crippen LogP contribution in [0.5, 0.6) is 0 Å². The molecule has 1 aliphatic rings. The molecule has 1 aromatic heterocycles. The zero-order valence-corrected chi connectivity index (χ0v) is 9.87. The minimum atomic E-state index is -3.15. The molecule has 90 valence electrons. The number of furan rings is 1. The van der Waals surface area contributed by atoms with Gasteiger partial charge < -0.3 is 9.15 Å². The number of methoxy groups -OCH3 is 1. The maximum atomic E-state index is 11.6. The third-order valence-electron chi connectivity index (χ3n) is 2.58. The molecule has 0 radical (unpaired) electrons. The Bertz CT molecular complexity index is 422. The average molecular weight is 245 g/mol. The van der Waals surface area contributed by atoms with Gasteiger partial charge in [0.15, 0.2) is 0 Å². The van der Waals surface area contributed by atoms with Gasteiger partial charge in [-0.2, -0.15) is 0 Å². The molecule has 5 nitrogen and oxygen atoms in total. The van der Waals surface area contributed by atoms with Crippen LogP contribution in [0.25, 0.3) is 0 Å². The van der Waals surface area contributed by atoms with Crippen molar-refractivity contribution in [2.75, 3.05) is 13.7 Å². The monoisotopic (exact) mass is 245 g/mol. The standard InChI is InChI=1S/C10H15NO4S/c1-14-10(9-3-2-6-15-9)7-11-16(12,13)8-4-5-8/h2-3,6,8,10-11H,4-5,7H2,1H3/t10-/m0/s1. The second kappa shape index (κ2) is 4.57. The van der Waals surface area contributed by atoms with E-state index in [9.17, 15) is 8.42 Å². The smallest absolute Gasteiger partial charge is 0.214 e. The summed E-state index contributed by atoms with van der Waals surface area (Å²) in [5.74, 6) is 0.626. The quantitative estimate of drug-likeness (QED) is 0.813. The largest absolute Gasteiger partial charge is 0.467 e. The lowest BCUT2D eigenvalue weighted by Crippen LogP contribution is -2.31. The molecule has 2 rings (SSSR count). The van der Waals surface area contributed by atoms with E-state index >= 15 is 0 Å². The van der Waals surface area contributed by atoms with Crippen LogP contribution >= 0.6 is 0 Å². The van der Waals surface area contributed by atoms with Gasteiger partial charge in [-0.25, -0.2) is 13.1 Å². The molecule has 0 saturated heterocycles. The fourth-order valence-electron chi connectivity index (χ4n) is 1.46. The van der Waals surface area contributed by atoms with Crippen LogP contribution in [0.4, 0.5) is 0 Å². The van der Waals surface area contributed by atoms with Crippen molar-refractivity contribution in [1.29, 1.82) is 0 Å². The van der Waals surface area contributed by atoms with Crippen molar-refractivity contribution in [3.05, 3.63) is 24.2 Å². The molecule has 0 spiro atoms. The first kappa shape index (κ1) is 11.6. The summed E-state index contributed by atoms with van der Waals surface area (Å²) in [7, 11) is -1.63. The van der Waals surface area contributed by atoms with E-state index in [0.29, 0.717) is 5.76 Å². The van der Waals surface area contributed by atoms with Gasteiger partial charge in [0.05, 0.1) is 11.5 Å². The van der Waals surface area contributed by atoms with Crippen LogP contribution in [-0.4, -0.2) is 27.3 Å². The van der Waals surface area contributed by atoms with Gasteiger partial charge in [-0.1, -0.05) is 0 Å². The second-order valence-corrected chi connectivity index (χ2v) is 5.88. The lowest BCUT2D eigenvalue weighted by molar-refractivity contribution is 0.0878. The Hall–Kier alpha value is -0.850. The van der Waals surface area contributed by atoms with Gasteiger partial charge in [-0.05, 0) is 25.0 Å². The van der Waals surface area contributed by atoms with E-state index < -0.39 is 10.0 Å². The maximum Gasteiger partial charge on any atom is 0.214 e. The van der Waals surface area contributed by atoms with Crippen LogP contribution in [0.3, 0.4) is 0 Å². The molecule has 1 aliphatic carbocycles. The Morgan fingerprint density at radius 3 is 2.88 bits per heavy atom. The van der Waals surface area contributed by atoms with E-state index in [1.165, 1.54) is 13.4 Å². The number of nitrogens with one attached hydrogen (secondary N) is 1. The van der Waals surface area contributed by atoms with Crippen LogP contribution in [0.1, 0.15) is 24.7 Å². The van der Waals surface area contributed by atoms with Gasteiger partial charge in [0.25, 0.3) is 0 Å². The molecular formula is C10H15NO4S. The van der Waals surface area contributed by atoms with Crippen LogP contribution < -0.4 is 4.72 Å². The Kier molecular flexibility index (Phi) is 3.32. The number of hydrogen-bond donors (Lipinski definition) is 1. The number of hydrogen-bond acceptors (Lipinski definition) is 4. The van der Waals surface area contributed by atoms with Crippen molar-refractivity contribution >= 4 is 10.0 Å². The van der Waals surface area contributed by atoms with Crippen LogP contribution in [0.15, 0.2) is 22.8 Å². The Labute approximate surface area is 94.8 Å². The van der Waals surface area contributed by atoms with Crippen molar-refractivity contribution in [2.24, 2.45) is 0 Å². The highest BCUT2D eigenvalue weighted by Crippen LogP contribution is 2.27. The van der Waals surface area contributed by atoms with Crippen molar-refractivity contribution in [3.8, 4) is 0 Å². The summed E-state index contributed by atoms with van der Waals surface area (Å²) in [6.07, 6.45) is 2.68. The van der Waals surface area contributed by atoms with E-state index in [4.69, 9.17) is 9.15 Å². The minimum absolute atomic E-state index is 0.207. The number of ether oxygens (including phenoxy) is 1. The molecule has 1 fully saturated rings. The van der Waals surface area contributed by atoms with Crippen LogP contribution in [-0.2, 0) is 14.8 Å². The third kappa shape index (κ3) is 2.63. The highest BCUT2D eigenvalue weighted by atomic mass is 32.2. The normalized spacial score (nSPS) is 18.6. The lowest BCUT2D eigenvalue weighted by Gasteiger charge is -2.13. The van der Waals surface area contributed by atoms with Crippen molar-refractivity contribution < 1.29 is 17.6 Å². The highest BCUT2D eigenvalue weighted by molar-refractivity contribution is 7.90.